The van der Waals surface area contributed by atoms with Crippen molar-refractivity contribution in [2.75, 3.05) is 21.3 Å². The van der Waals surface area contributed by atoms with Crippen LogP contribution in [0, 0.1) is 0 Å². The fourth-order valence-electron chi connectivity index (χ4n) is 3.11. The lowest BCUT2D eigenvalue weighted by Crippen LogP contribution is -2.40. The Morgan fingerprint density at radius 3 is 2.50 bits per heavy atom. The highest BCUT2D eigenvalue weighted by Crippen LogP contribution is 2.44. The van der Waals surface area contributed by atoms with Gasteiger partial charge in [0.05, 0.1) is 43.9 Å². The van der Waals surface area contributed by atoms with E-state index in [-0.39, 0.29) is 11.2 Å². The molecule has 8 heteroatoms. The van der Waals surface area contributed by atoms with Gasteiger partial charge in [-0.25, -0.2) is 9.79 Å². The van der Waals surface area contributed by atoms with E-state index in [2.05, 4.69) is 4.99 Å². The lowest BCUT2D eigenvalue weighted by molar-refractivity contribution is -0.137. The van der Waals surface area contributed by atoms with Gasteiger partial charge in [0.2, 0.25) is 5.91 Å². The maximum Gasteiger partial charge on any atom is 0.338 e. The first-order chi connectivity index (χ1) is 12.4. The molecule has 1 fully saturated rings. The summed E-state index contributed by atoms with van der Waals surface area (Å²) in [6, 6.07) is 4.70. The van der Waals surface area contributed by atoms with Gasteiger partial charge >= 0.3 is 5.97 Å². The average Bonchev–Trinajstić information content (AvgIpc) is 2.92. The molecule has 1 aromatic carbocycles. The maximum atomic E-state index is 12.8. The Kier molecular flexibility index (Phi) is 4.95. The number of methoxy groups -OCH3 is 3. The number of aliphatic imine (C=N–C) groups is 1. The molecule has 0 aromatic heterocycles. The fourth-order valence-corrected chi connectivity index (χ4v) is 4.14. The van der Waals surface area contributed by atoms with Gasteiger partial charge in [-0.05, 0) is 31.5 Å². The first-order valence-electron chi connectivity index (χ1n) is 8.02. The topological polar surface area (TPSA) is 77.4 Å². The molecule has 7 nitrogen and oxygen atoms in total. The Bertz CT molecular complexity index is 833. The predicted octanol–water partition coefficient (Wildman–Crippen LogP) is 2.53. The van der Waals surface area contributed by atoms with E-state index in [1.165, 1.54) is 26.0 Å². The fraction of sp³-hybridized carbons (Fsp3) is 0.389. The molecule has 1 aromatic rings. The quantitative estimate of drug-likeness (QED) is 0.752. The SMILES string of the molecule is COC(=O)C1=C(C)N=C2S[C@H](C)C(=O)N2[C@H]1c1ccc(OC)c(OC)c1. The minimum Gasteiger partial charge on any atom is -0.493 e. The zero-order valence-corrected chi connectivity index (χ0v) is 16.0. The maximum absolute atomic E-state index is 12.8. The minimum atomic E-state index is -0.625. The second-order valence-corrected chi connectivity index (χ2v) is 7.18. The molecule has 3 rings (SSSR count). The lowest BCUT2D eigenvalue weighted by atomic mass is 9.94. The number of hydrogen-bond acceptors (Lipinski definition) is 7. The molecule has 0 unspecified atom stereocenters. The molecule has 0 saturated carbocycles. The summed E-state index contributed by atoms with van der Waals surface area (Å²) in [5.41, 5.74) is 1.60. The van der Waals surface area contributed by atoms with Crippen molar-refractivity contribution in [1.29, 1.82) is 0 Å². The van der Waals surface area contributed by atoms with E-state index >= 15 is 0 Å². The van der Waals surface area contributed by atoms with Gasteiger partial charge in [0.1, 0.15) is 0 Å². The molecule has 0 bridgehead atoms. The van der Waals surface area contributed by atoms with Crippen molar-refractivity contribution in [3.63, 3.8) is 0 Å². The summed E-state index contributed by atoms with van der Waals surface area (Å²) in [5, 5.41) is 0.327. The van der Waals surface area contributed by atoms with E-state index in [1.54, 1.807) is 31.1 Å². The van der Waals surface area contributed by atoms with Gasteiger partial charge in [-0.1, -0.05) is 17.8 Å². The summed E-state index contributed by atoms with van der Waals surface area (Å²) in [6.45, 7) is 3.57. The molecular formula is C18H20N2O5S. The standard InChI is InChI=1S/C18H20N2O5S/c1-9-14(17(22)25-5)15(20-16(21)10(2)26-18(20)19-9)11-6-7-12(23-3)13(8-11)24-4/h6-8,10,15H,1-5H3/t10-,15+/m1/s1. The molecule has 1 amide bonds. The van der Waals surface area contributed by atoms with Crippen LogP contribution >= 0.6 is 11.8 Å². The zero-order chi connectivity index (χ0) is 19.0. The summed E-state index contributed by atoms with van der Waals surface area (Å²) in [4.78, 5) is 31.2. The van der Waals surface area contributed by atoms with E-state index in [9.17, 15) is 9.59 Å². The van der Waals surface area contributed by atoms with E-state index in [0.29, 0.717) is 27.9 Å². The van der Waals surface area contributed by atoms with Crippen LogP contribution in [0.1, 0.15) is 25.5 Å². The number of thioether (sulfide) groups is 1. The highest BCUT2D eigenvalue weighted by Gasteiger charge is 2.46. The number of nitrogens with zero attached hydrogens (tertiary/aromatic N) is 2. The van der Waals surface area contributed by atoms with Gasteiger partial charge in [-0.2, -0.15) is 0 Å². The van der Waals surface area contributed by atoms with E-state index < -0.39 is 12.0 Å². The van der Waals surface area contributed by atoms with Crippen molar-refractivity contribution < 1.29 is 23.8 Å². The Morgan fingerprint density at radius 1 is 1.19 bits per heavy atom. The molecule has 1 saturated heterocycles. The normalized spacial score (nSPS) is 22.1. The highest BCUT2D eigenvalue weighted by atomic mass is 32.2. The van der Waals surface area contributed by atoms with Crippen LogP contribution in [0.15, 0.2) is 34.5 Å². The number of rotatable bonds is 4. The zero-order valence-electron chi connectivity index (χ0n) is 15.2. The van der Waals surface area contributed by atoms with Crippen LogP contribution in [0.4, 0.5) is 0 Å². The summed E-state index contributed by atoms with van der Waals surface area (Å²) in [5.74, 6) is 0.477. The second kappa shape index (κ2) is 7.03. The Labute approximate surface area is 156 Å². The van der Waals surface area contributed by atoms with Crippen molar-refractivity contribution in [3.05, 3.63) is 35.0 Å². The van der Waals surface area contributed by atoms with Gasteiger partial charge in [0.15, 0.2) is 16.7 Å². The van der Waals surface area contributed by atoms with E-state index in [1.807, 2.05) is 13.0 Å². The Balaban J connectivity index is 2.18. The summed E-state index contributed by atoms with van der Waals surface area (Å²) in [6.07, 6.45) is 0. The van der Waals surface area contributed by atoms with Crippen LogP contribution in [0.2, 0.25) is 0 Å². The molecule has 26 heavy (non-hydrogen) atoms. The minimum absolute atomic E-state index is 0.0950. The number of ether oxygens (including phenoxy) is 3. The number of amidine groups is 1. The van der Waals surface area contributed by atoms with Crippen molar-refractivity contribution in [2.45, 2.75) is 25.1 Å². The number of hydrogen-bond donors (Lipinski definition) is 0. The average molecular weight is 376 g/mol. The molecule has 2 heterocycles. The predicted molar refractivity (Wildman–Crippen MR) is 98.3 cm³/mol. The molecule has 2 aliphatic rings. The van der Waals surface area contributed by atoms with Crippen molar-refractivity contribution in [1.82, 2.24) is 4.90 Å². The second-order valence-electron chi connectivity index (χ2n) is 5.87. The molecule has 0 N–H and O–H groups in total. The number of allylic oxidation sites excluding steroid dienone is 1. The van der Waals surface area contributed by atoms with Crippen LogP contribution < -0.4 is 9.47 Å². The van der Waals surface area contributed by atoms with E-state index in [4.69, 9.17) is 14.2 Å². The van der Waals surface area contributed by atoms with Crippen molar-refractivity contribution >= 4 is 28.8 Å². The summed E-state index contributed by atoms with van der Waals surface area (Å²) in [7, 11) is 4.41. The molecule has 0 spiro atoms. The molecular weight excluding hydrogens is 356 g/mol. The number of carbonyl (C=O) groups excluding carboxylic acids is 2. The largest absolute Gasteiger partial charge is 0.493 e. The molecule has 2 aliphatic heterocycles. The van der Waals surface area contributed by atoms with Gasteiger partial charge in [0.25, 0.3) is 0 Å². The molecule has 0 aliphatic carbocycles. The van der Waals surface area contributed by atoms with Crippen LogP contribution in [0.25, 0.3) is 0 Å². The Morgan fingerprint density at radius 2 is 1.88 bits per heavy atom. The highest BCUT2D eigenvalue weighted by molar-refractivity contribution is 8.15. The number of benzene rings is 1. The van der Waals surface area contributed by atoms with Gasteiger partial charge in [-0.15, -0.1) is 0 Å². The third-order valence-corrected chi connectivity index (χ3v) is 5.44. The first-order valence-corrected chi connectivity index (χ1v) is 8.90. The van der Waals surface area contributed by atoms with Crippen LogP contribution in [-0.2, 0) is 14.3 Å². The van der Waals surface area contributed by atoms with Crippen molar-refractivity contribution in [2.24, 2.45) is 4.99 Å². The summed E-state index contributed by atoms with van der Waals surface area (Å²) >= 11 is 1.38. The lowest BCUT2D eigenvalue weighted by Gasteiger charge is -2.33. The van der Waals surface area contributed by atoms with Gasteiger partial charge in [0, 0.05) is 0 Å². The third kappa shape index (κ3) is 2.84. The number of carbonyl (C=O) groups is 2. The number of fused-ring (bicyclic) bond motifs is 1. The van der Waals surface area contributed by atoms with Crippen LogP contribution in [-0.4, -0.2) is 48.5 Å². The van der Waals surface area contributed by atoms with Gasteiger partial charge < -0.3 is 14.2 Å². The third-order valence-electron chi connectivity index (χ3n) is 4.39. The molecule has 2 atom stereocenters. The summed E-state index contributed by atoms with van der Waals surface area (Å²) < 4.78 is 15.6. The Hall–Kier alpha value is -2.48. The number of amides is 1. The monoisotopic (exact) mass is 376 g/mol. The van der Waals surface area contributed by atoms with Crippen LogP contribution in [0.5, 0.6) is 11.5 Å². The molecule has 0 radical (unpaired) electrons. The first kappa shape index (κ1) is 18.3. The van der Waals surface area contributed by atoms with Crippen LogP contribution in [0.3, 0.4) is 0 Å². The van der Waals surface area contributed by atoms with E-state index in [0.717, 1.165) is 5.56 Å². The smallest absolute Gasteiger partial charge is 0.338 e. The van der Waals surface area contributed by atoms with Gasteiger partial charge in [-0.3, -0.25) is 9.69 Å². The molecule has 138 valence electrons. The van der Waals surface area contributed by atoms with Crippen molar-refractivity contribution in [3.8, 4) is 11.5 Å². The number of esters is 1.